The first-order chi connectivity index (χ1) is 11.2. The van der Waals surface area contributed by atoms with E-state index in [2.05, 4.69) is 17.2 Å². The highest BCUT2D eigenvalue weighted by Gasteiger charge is 2.26. The summed E-state index contributed by atoms with van der Waals surface area (Å²) in [5.41, 5.74) is -0.575. The summed E-state index contributed by atoms with van der Waals surface area (Å²) >= 11 is 0. The van der Waals surface area contributed by atoms with Gasteiger partial charge in [-0.1, -0.05) is 6.58 Å². The number of rotatable bonds is 11. The molecule has 1 unspecified atom stereocenters. The van der Waals surface area contributed by atoms with Crippen molar-refractivity contribution in [2.45, 2.75) is 52.1 Å². The van der Waals surface area contributed by atoms with Gasteiger partial charge in [0.05, 0.1) is 11.3 Å². The molecule has 8 nitrogen and oxygen atoms in total. The molecule has 0 aliphatic heterocycles. The molecule has 2 amide bonds. The van der Waals surface area contributed by atoms with Gasteiger partial charge in [0, 0.05) is 24.6 Å². The molecule has 0 rings (SSSR count). The second-order valence-electron chi connectivity index (χ2n) is 7.16. The Hall–Kier alpha value is -1.45. The van der Waals surface area contributed by atoms with Crippen LogP contribution in [0.25, 0.3) is 0 Å². The molecule has 0 aromatic heterocycles. The summed E-state index contributed by atoms with van der Waals surface area (Å²) < 4.78 is 30.7. The monoisotopic (exact) mass is 377 g/mol. The summed E-state index contributed by atoms with van der Waals surface area (Å²) in [6, 6.07) is -0.00540. The van der Waals surface area contributed by atoms with E-state index in [1.54, 1.807) is 6.92 Å². The molecule has 9 heteroatoms. The lowest BCUT2D eigenvalue weighted by atomic mass is 10.1. The summed E-state index contributed by atoms with van der Waals surface area (Å²) in [5.74, 6) is -0.999. The molecule has 146 valence electrons. The SMILES string of the molecule is C=C(C)C(=O)NC(C)CCN(C)CCC(=O)NC(C)(C)CS(=O)(=O)O. The van der Waals surface area contributed by atoms with E-state index in [1.165, 1.54) is 13.8 Å². The van der Waals surface area contributed by atoms with Gasteiger partial charge in [0.2, 0.25) is 11.8 Å². The highest BCUT2D eigenvalue weighted by Crippen LogP contribution is 2.06. The molecule has 0 aromatic carbocycles. The van der Waals surface area contributed by atoms with E-state index in [9.17, 15) is 18.0 Å². The molecule has 0 radical (unpaired) electrons. The van der Waals surface area contributed by atoms with Gasteiger partial charge in [-0.25, -0.2) is 0 Å². The molecule has 0 spiro atoms. The number of hydrogen-bond donors (Lipinski definition) is 3. The molecule has 1 atom stereocenters. The predicted octanol–water partition coefficient (Wildman–Crippen LogP) is 0.562. The Morgan fingerprint density at radius 2 is 1.84 bits per heavy atom. The van der Waals surface area contributed by atoms with E-state index in [4.69, 9.17) is 4.55 Å². The number of nitrogens with one attached hydrogen (secondary N) is 2. The molecule has 0 aromatic rings. The van der Waals surface area contributed by atoms with Gasteiger partial charge in [-0.05, 0) is 47.7 Å². The number of carbonyl (C=O) groups excluding carboxylic acids is 2. The zero-order chi connectivity index (χ0) is 19.8. The van der Waals surface area contributed by atoms with E-state index in [-0.39, 0.29) is 24.3 Å². The van der Waals surface area contributed by atoms with Crippen LogP contribution in [0.5, 0.6) is 0 Å². The summed E-state index contributed by atoms with van der Waals surface area (Å²) in [5, 5.41) is 5.43. The fourth-order valence-electron chi connectivity index (χ4n) is 2.17. The molecule has 25 heavy (non-hydrogen) atoms. The van der Waals surface area contributed by atoms with Crippen LogP contribution in [0.15, 0.2) is 12.2 Å². The van der Waals surface area contributed by atoms with Crippen LogP contribution in [0, 0.1) is 0 Å². The fraction of sp³-hybridized carbons (Fsp3) is 0.750. The molecular weight excluding hydrogens is 346 g/mol. The van der Waals surface area contributed by atoms with Gasteiger partial charge in [0.25, 0.3) is 10.1 Å². The van der Waals surface area contributed by atoms with E-state index >= 15 is 0 Å². The van der Waals surface area contributed by atoms with Crippen molar-refractivity contribution in [1.29, 1.82) is 0 Å². The third-order valence-electron chi connectivity index (χ3n) is 3.45. The molecular formula is C16H31N3O5S. The summed E-state index contributed by atoms with van der Waals surface area (Å²) in [6.07, 6.45) is 0.934. The van der Waals surface area contributed by atoms with Crippen LogP contribution in [0.1, 0.15) is 40.5 Å². The maximum absolute atomic E-state index is 11.9. The minimum atomic E-state index is -4.16. The van der Waals surface area contributed by atoms with Crippen LogP contribution < -0.4 is 10.6 Å². The van der Waals surface area contributed by atoms with Crippen LogP contribution >= 0.6 is 0 Å². The summed E-state index contributed by atoms with van der Waals surface area (Å²) in [6.45, 7) is 11.4. The molecule has 0 aliphatic carbocycles. The topological polar surface area (TPSA) is 116 Å². The van der Waals surface area contributed by atoms with Crippen LogP contribution in [0.3, 0.4) is 0 Å². The van der Waals surface area contributed by atoms with Crippen molar-refractivity contribution in [2.75, 3.05) is 25.9 Å². The first-order valence-corrected chi connectivity index (χ1v) is 9.74. The number of hydrogen-bond acceptors (Lipinski definition) is 5. The normalized spacial score (nSPS) is 13.4. The Morgan fingerprint density at radius 1 is 1.28 bits per heavy atom. The highest BCUT2D eigenvalue weighted by atomic mass is 32.2. The molecule has 3 N–H and O–H groups in total. The first kappa shape index (κ1) is 23.5. The van der Waals surface area contributed by atoms with Crippen LogP contribution in [0.2, 0.25) is 0 Å². The van der Waals surface area contributed by atoms with Crippen LogP contribution in [0.4, 0.5) is 0 Å². The zero-order valence-electron chi connectivity index (χ0n) is 15.8. The van der Waals surface area contributed by atoms with Crippen molar-refractivity contribution >= 4 is 21.9 Å². The minimum absolute atomic E-state index is 0.00540. The van der Waals surface area contributed by atoms with Gasteiger partial charge >= 0.3 is 0 Å². The Morgan fingerprint density at radius 3 is 2.32 bits per heavy atom. The van der Waals surface area contributed by atoms with Gasteiger partial charge in [-0.2, -0.15) is 8.42 Å². The van der Waals surface area contributed by atoms with Crippen LogP contribution in [-0.2, 0) is 19.7 Å². The quantitative estimate of drug-likeness (QED) is 0.358. The predicted molar refractivity (Wildman–Crippen MR) is 97.8 cm³/mol. The zero-order valence-corrected chi connectivity index (χ0v) is 16.6. The standard InChI is InChI=1S/C16H31N3O5S/c1-12(2)15(21)17-13(3)7-9-19(6)10-8-14(20)18-16(4,5)11-25(22,23)24/h13H,1,7-11H2,2-6H3,(H,17,21)(H,18,20)(H,22,23,24). The molecule has 0 saturated heterocycles. The molecule has 0 aliphatic rings. The third kappa shape index (κ3) is 12.5. The average Bonchev–Trinajstić information content (AvgIpc) is 2.39. The number of nitrogens with zero attached hydrogens (tertiary/aromatic N) is 1. The average molecular weight is 378 g/mol. The lowest BCUT2D eigenvalue weighted by Gasteiger charge is -2.25. The van der Waals surface area contributed by atoms with E-state index in [0.29, 0.717) is 18.7 Å². The Bertz CT molecular complexity index is 587. The first-order valence-electron chi connectivity index (χ1n) is 8.13. The second kappa shape index (κ2) is 9.88. The molecule has 0 fully saturated rings. The molecule has 0 bridgehead atoms. The number of carbonyl (C=O) groups is 2. The van der Waals surface area contributed by atoms with Crippen molar-refractivity contribution in [3.63, 3.8) is 0 Å². The lowest BCUT2D eigenvalue weighted by Crippen LogP contribution is -2.48. The van der Waals surface area contributed by atoms with Crippen molar-refractivity contribution in [1.82, 2.24) is 15.5 Å². The lowest BCUT2D eigenvalue weighted by molar-refractivity contribution is -0.122. The van der Waals surface area contributed by atoms with Crippen molar-refractivity contribution in [3.05, 3.63) is 12.2 Å². The Labute approximate surface area is 150 Å². The maximum Gasteiger partial charge on any atom is 0.267 e. The summed E-state index contributed by atoms with van der Waals surface area (Å²) in [4.78, 5) is 25.4. The smallest absolute Gasteiger partial charge is 0.267 e. The highest BCUT2D eigenvalue weighted by molar-refractivity contribution is 7.85. The molecule has 0 heterocycles. The largest absolute Gasteiger partial charge is 0.350 e. The van der Waals surface area contributed by atoms with Crippen molar-refractivity contribution in [2.24, 2.45) is 0 Å². The fourth-order valence-corrected chi connectivity index (χ4v) is 3.15. The van der Waals surface area contributed by atoms with E-state index in [0.717, 1.165) is 6.42 Å². The van der Waals surface area contributed by atoms with Gasteiger partial charge in [-0.15, -0.1) is 0 Å². The summed E-state index contributed by atoms with van der Waals surface area (Å²) in [7, 11) is -2.29. The Kier molecular flexibility index (Phi) is 9.31. The maximum atomic E-state index is 11.9. The molecule has 0 saturated carbocycles. The van der Waals surface area contributed by atoms with Crippen molar-refractivity contribution in [3.8, 4) is 0 Å². The van der Waals surface area contributed by atoms with Gasteiger partial charge < -0.3 is 15.5 Å². The van der Waals surface area contributed by atoms with Crippen LogP contribution in [-0.4, -0.2) is 67.2 Å². The van der Waals surface area contributed by atoms with Gasteiger partial charge in [0.15, 0.2) is 0 Å². The second-order valence-corrected chi connectivity index (χ2v) is 8.61. The minimum Gasteiger partial charge on any atom is -0.350 e. The van der Waals surface area contributed by atoms with E-state index < -0.39 is 21.4 Å². The van der Waals surface area contributed by atoms with Gasteiger partial charge in [-0.3, -0.25) is 14.1 Å². The van der Waals surface area contributed by atoms with Crippen molar-refractivity contribution < 1.29 is 22.6 Å². The third-order valence-corrected chi connectivity index (χ3v) is 4.54. The van der Waals surface area contributed by atoms with E-state index in [1.807, 2.05) is 18.9 Å². The van der Waals surface area contributed by atoms with Gasteiger partial charge in [0.1, 0.15) is 0 Å². The Balaban J connectivity index is 4.16. The number of amides is 2.